The van der Waals surface area contributed by atoms with Crippen LogP contribution < -0.4 is 0 Å². The summed E-state index contributed by atoms with van der Waals surface area (Å²) in [5.74, 6) is 1.81. The lowest BCUT2D eigenvalue weighted by Gasteiger charge is -2.37. The standard InChI is InChI=1S/C17H25N5/c1-11(2)16-15-14(19-10-20-15)6-8-22(16)9-13-5-7-18-17(21-13)12(3)4/h5,7,10-12,16H,6,8-9H2,1-4H3,(H,19,20). The topological polar surface area (TPSA) is 57.7 Å². The summed E-state index contributed by atoms with van der Waals surface area (Å²) in [5.41, 5.74) is 3.60. The molecular formula is C17H25N5. The predicted molar refractivity (Wildman–Crippen MR) is 86.4 cm³/mol. The summed E-state index contributed by atoms with van der Waals surface area (Å²) < 4.78 is 0. The molecule has 0 aliphatic carbocycles. The van der Waals surface area contributed by atoms with Crippen LogP contribution in [0, 0.1) is 5.92 Å². The van der Waals surface area contributed by atoms with Crippen molar-refractivity contribution in [3.8, 4) is 0 Å². The summed E-state index contributed by atoms with van der Waals surface area (Å²) in [6.07, 6.45) is 4.73. The number of rotatable bonds is 4. The molecule has 1 N–H and O–H groups in total. The molecule has 2 aromatic heterocycles. The number of H-pyrrole nitrogens is 1. The van der Waals surface area contributed by atoms with Crippen LogP contribution in [0.15, 0.2) is 18.6 Å². The Morgan fingerprint density at radius 1 is 1.27 bits per heavy atom. The predicted octanol–water partition coefficient (Wildman–Crippen LogP) is 3.08. The first-order valence-electron chi connectivity index (χ1n) is 8.14. The van der Waals surface area contributed by atoms with Crippen molar-refractivity contribution in [2.75, 3.05) is 6.54 Å². The fourth-order valence-electron chi connectivity index (χ4n) is 3.26. The van der Waals surface area contributed by atoms with Gasteiger partial charge in [0.05, 0.1) is 23.8 Å². The molecule has 0 amide bonds. The van der Waals surface area contributed by atoms with Gasteiger partial charge in [-0.2, -0.15) is 0 Å². The largest absolute Gasteiger partial charge is 0.348 e. The van der Waals surface area contributed by atoms with Crippen LogP contribution >= 0.6 is 0 Å². The highest BCUT2D eigenvalue weighted by Gasteiger charge is 2.32. The Kier molecular flexibility index (Phi) is 4.25. The summed E-state index contributed by atoms with van der Waals surface area (Å²) in [7, 11) is 0. The highest BCUT2D eigenvalue weighted by molar-refractivity contribution is 5.20. The van der Waals surface area contributed by atoms with E-state index in [4.69, 9.17) is 4.98 Å². The van der Waals surface area contributed by atoms with Gasteiger partial charge in [0.25, 0.3) is 0 Å². The second-order valence-corrected chi connectivity index (χ2v) is 6.74. The molecule has 118 valence electrons. The Bertz CT molecular complexity index is 631. The van der Waals surface area contributed by atoms with Crippen molar-refractivity contribution in [1.29, 1.82) is 0 Å². The van der Waals surface area contributed by atoms with Crippen molar-refractivity contribution in [2.24, 2.45) is 5.92 Å². The smallest absolute Gasteiger partial charge is 0.131 e. The Morgan fingerprint density at radius 3 is 2.82 bits per heavy atom. The van der Waals surface area contributed by atoms with E-state index in [1.165, 1.54) is 11.4 Å². The number of aromatic nitrogens is 4. The normalized spacial score (nSPS) is 18.9. The third-order valence-corrected chi connectivity index (χ3v) is 4.32. The number of nitrogens with one attached hydrogen (secondary N) is 1. The number of hydrogen-bond acceptors (Lipinski definition) is 4. The van der Waals surface area contributed by atoms with Crippen LogP contribution in [0.3, 0.4) is 0 Å². The van der Waals surface area contributed by atoms with E-state index in [2.05, 4.69) is 47.5 Å². The number of hydrogen-bond donors (Lipinski definition) is 1. The SMILES string of the molecule is CC(C)c1nccc(CN2CCc3[nH]cnc3C2C(C)C)n1. The van der Waals surface area contributed by atoms with Crippen molar-refractivity contribution < 1.29 is 0 Å². The second-order valence-electron chi connectivity index (χ2n) is 6.74. The summed E-state index contributed by atoms with van der Waals surface area (Å²) >= 11 is 0. The van der Waals surface area contributed by atoms with Gasteiger partial charge in [0, 0.05) is 37.3 Å². The first-order chi connectivity index (χ1) is 10.6. The third kappa shape index (κ3) is 2.90. The van der Waals surface area contributed by atoms with Gasteiger partial charge in [-0.25, -0.2) is 15.0 Å². The van der Waals surface area contributed by atoms with E-state index in [-0.39, 0.29) is 0 Å². The van der Waals surface area contributed by atoms with E-state index >= 15 is 0 Å². The zero-order valence-electron chi connectivity index (χ0n) is 13.9. The minimum atomic E-state index is 0.354. The van der Waals surface area contributed by atoms with E-state index in [9.17, 15) is 0 Å². The summed E-state index contributed by atoms with van der Waals surface area (Å²) in [6.45, 7) is 10.7. The molecule has 0 bridgehead atoms. The minimum Gasteiger partial charge on any atom is -0.348 e. The van der Waals surface area contributed by atoms with Crippen molar-refractivity contribution in [2.45, 2.75) is 52.6 Å². The fraction of sp³-hybridized carbons (Fsp3) is 0.588. The van der Waals surface area contributed by atoms with Crippen molar-refractivity contribution in [1.82, 2.24) is 24.8 Å². The Morgan fingerprint density at radius 2 is 2.09 bits per heavy atom. The molecule has 0 fully saturated rings. The van der Waals surface area contributed by atoms with Crippen molar-refractivity contribution >= 4 is 0 Å². The summed E-state index contributed by atoms with van der Waals surface area (Å²) in [5, 5.41) is 0. The Hall–Kier alpha value is -1.75. The van der Waals surface area contributed by atoms with Crippen LogP contribution in [0.1, 0.15) is 62.6 Å². The van der Waals surface area contributed by atoms with Crippen LogP contribution in [0.4, 0.5) is 0 Å². The van der Waals surface area contributed by atoms with Gasteiger partial charge in [0.2, 0.25) is 0 Å². The average Bonchev–Trinajstić information content (AvgIpc) is 2.95. The maximum Gasteiger partial charge on any atom is 0.131 e. The maximum atomic E-state index is 4.72. The van der Waals surface area contributed by atoms with Gasteiger partial charge in [-0.3, -0.25) is 4.90 Å². The molecule has 5 nitrogen and oxygen atoms in total. The first kappa shape index (κ1) is 15.2. The van der Waals surface area contributed by atoms with Gasteiger partial charge in [-0.1, -0.05) is 27.7 Å². The molecule has 1 unspecified atom stereocenters. The lowest BCUT2D eigenvalue weighted by atomic mass is 9.93. The lowest BCUT2D eigenvalue weighted by Crippen LogP contribution is -2.38. The van der Waals surface area contributed by atoms with Crippen molar-refractivity contribution in [3.63, 3.8) is 0 Å². The first-order valence-corrected chi connectivity index (χ1v) is 8.14. The van der Waals surface area contributed by atoms with Gasteiger partial charge in [0.1, 0.15) is 5.82 Å². The fourth-order valence-corrected chi connectivity index (χ4v) is 3.26. The summed E-state index contributed by atoms with van der Waals surface area (Å²) in [4.78, 5) is 19.4. The minimum absolute atomic E-state index is 0.354. The Balaban J connectivity index is 1.84. The molecule has 0 radical (unpaired) electrons. The van der Waals surface area contributed by atoms with Gasteiger partial charge in [-0.05, 0) is 12.0 Å². The average molecular weight is 299 g/mol. The van der Waals surface area contributed by atoms with Crippen LogP contribution in [-0.4, -0.2) is 31.4 Å². The zero-order valence-corrected chi connectivity index (χ0v) is 13.9. The molecule has 1 aliphatic heterocycles. The molecule has 3 heterocycles. The Labute approximate surface area is 132 Å². The van der Waals surface area contributed by atoms with Crippen molar-refractivity contribution in [3.05, 3.63) is 41.5 Å². The van der Waals surface area contributed by atoms with Gasteiger partial charge in [-0.15, -0.1) is 0 Å². The number of imidazole rings is 1. The van der Waals surface area contributed by atoms with Crippen LogP contribution in [0.2, 0.25) is 0 Å². The van der Waals surface area contributed by atoms with Crippen LogP contribution in [-0.2, 0) is 13.0 Å². The van der Waals surface area contributed by atoms with E-state index in [1.54, 1.807) is 0 Å². The zero-order chi connectivity index (χ0) is 15.7. The van der Waals surface area contributed by atoms with Gasteiger partial charge >= 0.3 is 0 Å². The second kappa shape index (κ2) is 6.16. The monoisotopic (exact) mass is 299 g/mol. The molecule has 0 aromatic carbocycles. The lowest BCUT2D eigenvalue weighted by molar-refractivity contribution is 0.130. The van der Waals surface area contributed by atoms with E-state index < -0.39 is 0 Å². The van der Waals surface area contributed by atoms with Crippen LogP contribution in [0.25, 0.3) is 0 Å². The summed E-state index contributed by atoms with van der Waals surface area (Å²) in [6, 6.07) is 2.39. The van der Waals surface area contributed by atoms with E-state index in [1.807, 2.05) is 18.6 Å². The molecular weight excluding hydrogens is 274 g/mol. The van der Waals surface area contributed by atoms with E-state index in [0.717, 1.165) is 31.0 Å². The molecule has 3 rings (SSSR count). The molecule has 1 atom stereocenters. The molecule has 2 aromatic rings. The third-order valence-electron chi connectivity index (χ3n) is 4.32. The quantitative estimate of drug-likeness (QED) is 0.942. The van der Waals surface area contributed by atoms with Crippen LogP contribution in [0.5, 0.6) is 0 Å². The molecule has 1 aliphatic rings. The number of nitrogens with zero attached hydrogens (tertiary/aromatic N) is 4. The molecule has 5 heteroatoms. The molecule has 0 spiro atoms. The van der Waals surface area contributed by atoms with E-state index in [0.29, 0.717) is 17.9 Å². The number of fused-ring (bicyclic) bond motifs is 1. The molecule has 0 saturated heterocycles. The molecule has 22 heavy (non-hydrogen) atoms. The van der Waals surface area contributed by atoms with Gasteiger partial charge in [0.15, 0.2) is 0 Å². The number of aromatic amines is 1. The van der Waals surface area contributed by atoms with Gasteiger partial charge < -0.3 is 4.98 Å². The highest BCUT2D eigenvalue weighted by atomic mass is 15.2. The maximum absolute atomic E-state index is 4.72. The highest BCUT2D eigenvalue weighted by Crippen LogP contribution is 2.34. The molecule has 0 saturated carbocycles.